The molecule has 2 bridgehead atoms. The van der Waals surface area contributed by atoms with Gasteiger partial charge in [0.15, 0.2) is 0 Å². The van der Waals surface area contributed by atoms with Crippen molar-refractivity contribution in [3.8, 4) is 0 Å². The van der Waals surface area contributed by atoms with E-state index in [1.807, 2.05) is 0 Å². The summed E-state index contributed by atoms with van der Waals surface area (Å²) in [6.45, 7) is 6.89. The standard InChI is InChI=1S/C10H17BO/c1-9(2)7-4-8(9)6-10(3,5-7)12-11/h7-8H,4-6H2,1-3H3/t7-,8?,10?/m0/s1. The first-order chi connectivity index (χ1) is 5.48. The summed E-state index contributed by atoms with van der Waals surface area (Å²) in [4.78, 5) is 0. The second-order valence-corrected chi connectivity index (χ2v) is 5.43. The van der Waals surface area contributed by atoms with Crippen LogP contribution in [0, 0.1) is 17.3 Å². The second-order valence-electron chi connectivity index (χ2n) is 5.43. The molecule has 12 heavy (non-hydrogen) atoms. The fourth-order valence-corrected chi connectivity index (χ4v) is 3.04. The molecule has 0 heterocycles. The van der Waals surface area contributed by atoms with E-state index < -0.39 is 0 Å². The molecule has 3 atom stereocenters. The van der Waals surface area contributed by atoms with Gasteiger partial charge in [-0.05, 0) is 43.4 Å². The lowest BCUT2D eigenvalue weighted by Crippen LogP contribution is -2.56. The summed E-state index contributed by atoms with van der Waals surface area (Å²) in [5.41, 5.74) is 0.529. The normalized spacial score (nSPS) is 49.9. The SMILES string of the molecule is [B]OC1(C)CC2C[C@@H](C1)C2(C)C. The molecule has 0 aromatic carbocycles. The maximum atomic E-state index is 5.31. The molecule has 0 aromatic heterocycles. The molecule has 3 fully saturated rings. The van der Waals surface area contributed by atoms with Gasteiger partial charge < -0.3 is 4.65 Å². The molecule has 0 saturated heterocycles. The molecular weight excluding hydrogens is 147 g/mol. The first kappa shape index (κ1) is 8.62. The van der Waals surface area contributed by atoms with Crippen molar-refractivity contribution in [1.82, 2.24) is 0 Å². The minimum absolute atomic E-state index is 0.0247. The molecule has 2 heteroatoms. The second kappa shape index (κ2) is 2.28. The van der Waals surface area contributed by atoms with E-state index in [9.17, 15) is 0 Å². The van der Waals surface area contributed by atoms with Crippen LogP contribution in [0.25, 0.3) is 0 Å². The predicted octanol–water partition coefficient (Wildman–Crippen LogP) is 2.30. The number of hydrogen-bond acceptors (Lipinski definition) is 1. The van der Waals surface area contributed by atoms with Gasteiger partial charge in [0.2, 0.25) is 0 Å². The van der Waals surface area contributed by atoms with E-state index in [1.54, 1.807) is 0 Å². The summed E-state index contributed by atoms with van der Waals surface area (Å²) in [5.74, 6) is 1.68. The molecule has 0 aliphatic heterocycles. The van der Waals surface area contributed by atoms with Gasteiger partial charge in [0.1, 0.15) is 0 Å². The summed E-state index contributed by atoms with van der Waals surface area (Å²) in [6, 6.07) is 0. The Morgan fingerprint density at radius 2 is 1.67 bits per heavy atom. The molecule has 3 aliphatic rings. The summed E-state index contributed by atoms with van der Waals surface area (Å²) in [5, 5.41) is 0. The minimum atomic E-state index is -0.0247. The maximum Gasteiger partial charge on any atom is 0.283 e. The average Bonchev–Trinajstić information content (AvgIpc) is 2.04. The third-order valence-corrected chi connectivity index (χ3v) is 4.31. The lowest BCUT2D eigenvalue weighted by Gasteiger charge is -2.61. The van der Waals surface area contributed by atoms with Crippen molar-refractivity contribution in [3.63, 3.8) is 0 Å². The molecule has 1 nitrogen and oxygen atoms in total. The third kappa shape index (κ3) is 0.969. The van der Waals surface area contributed by atoms with Crippen molar-refractivity contribution in [2.45, 2.75) is 45.6 Å². The van der Waals surface area contributed by atoms with Crippen LogP contribution in [0.15, 0.2) is 0 Å². The van der Waals surface area contributed by atoms with Crippen LogP contribution in [-0.2, 0) is 4.65 Å². The lowest BCUT2D eigenvalue weighted by molar-refractivity contribution is -0.146. The third-order valence-electron chi connectivity index (χ3n) is 4.31. The Morgan fingerprint density at radius 1 is 1.17 bits per heavy atom. The van der Waals surface area contributed by atoms with Gasteiger partial charge in [-0.2, -0.15) is 0 Å². The Morgan fingerprint density at radius 3 is 2.00 bits per heavy atom. The number of fused-ring (bicyclic) bond motifs is 2. The Hall–Kier alpha value is 0.0249. The number of hydrogen-bond donors (Lipinski definition) is 0. The Labute approximate surface area is 76.3 Å². The highest BCUT2D eigenvalue weighted by molar-refractivity contribution is 5.98. The van der Waals surface area contributed by atoms with E-state index in [1.165, 1.54) is 6.42 Å². The van der Waals surface area contributed by atoms with Crippen LogP contribution in [0.4, 0.5) is 0 Å². The Balaban J connectivity index is 2.10. The van der Waals surface area contributed by atoms with E-state index in [0.29, 0.717) is 5.41 Å². The lowest BCUT2D eigenvalue weighted by atomic mass is 9.46. The van der Waals surface area contributed by atoms with Gasteiger partial charge in [-0.25, -0.2) is 0 Å². The van der Waals surface area contributed by atoms with Crippen molar-refractivity contribution in [1.29, 1.82) is 0 Å². The molecule has 2 unspecified atom stereocenters. The van der Waals surface area contributed by atoms with Crippen LogP contribution >= 0.6 is 0 Å². The zero-order valence-electron chi connectivity index (χ0n) is 8.26. The highest BCUT2D eigenvalue weighted by Gasteiger charge is 2.56. The van der Waals surface area contributed by atoms with Crippen molar-refractivity contribution in [2.24, 2.45) is 17.3 Å². The van der Waals surface area contributed by atoms with Crippen LogP contribution in [-0.4, -0.2) is 13.7 Å². The summed E-state index contributed by atoms with van der Waals surface area (Å²) in [6.07, 6.45) is 3.69. The maximum absolute atomic E-state index is 5.31. The molecule has 3 saturated carbocycles. The van der Waals surface area contributed by atoms with Gasteiger partial charge in [-0.3, -0.25) is 0 Å². The molecule has 66 valence electrons. The van der Waals surface area contributed by atoms with E-state index in [0.717, 1.165) is 24.7 Å². The summed E-state index contributed by atoms with van der Waals surface area (Å²) >= 11 is 0. The highest BCUT2D eigenvalue weighted by Crippen LogP contribution is 2.62. The number of rotatable bonds is 1. The van der Waals surface area contributed by atoms with Crippen molar-refractivity contribution in [2.75, 3.05) is 0 Å². The monoisotopic (exact) mass is 164 g/mol. The van der Waals surface area contributed by atoms with E-state index in [-0.39, 0.29) is 5.60 Å². The Bertz CT molecular complexity index is 186. The largest absolute Gasteiger partial charge is 0.443 e. The smallest absolute Gasteiger partial charge is 0.283 e. The van der Waals surface area contributed by atoms with Crippen molar-refractivity contribution >= 4 is 8.05 Å². The molecule has 3 rings (SSSR count). The van der Waals surface area contributed by atoms with Crippen LogP contribution in [0.1, 0.15) is 40.0 Å². The molecular formula is C10H17BO. The zero-order chi connectivity index (χ0) is 8.98. The first-order valence-corrected chi connectivity index (χ1v) is 4.86. The molecule has 0 spiro atoms. The van der Waals surface area contributed by atoms with Gasteiger partial charge in [0.05, 0.1) is 0 Å². The molecule has 3 aliphatic carbocycles. The minimum Gasteiger partial charge on any atom is -0.443 e. The van der Waals surface area contributed by atoms with E-state index >= 15 is 0 Å². The molecule has 2 radical (unpaired) electrons. The van der Waals surface area contributed by atoms with Gasteiger partial charge in [-0.1, -0.05) is 13.8 Å². The summed E-state index contributed by atoms with van der Waals surface area (Å²) < 4.78 is 5.07. The van der Waals surface area contributed by atoms with Crippen LogP contribution in [0.2, 0.25) is 0 Å². The van der Waals surface area contributed by atoms with Crippen molar-refractivity contribution < 1.29 is 4.65 Å². The fourth-order valence-electron chi connectivity index (χ4n) is 3.04. The van der Waals surface area contributed by atoms with E-state index in [2.05, 4.69) is 20.8 Å². The molecule has 0 amide bonds. The van der Waals surface area contributed by atoms with Crippen LogP contribution < -0.4 is 0 Å². The van der Waals surface area contributed by atoms with Gasteiger partial charge >= 0.3 is 0 Å². The van der Waals surface area contributed by atoms with Crippen LogP contribution in [0.5, 0.6) is 0 Å². The Kier molecular flexibility index (Phi) is 1.64. The van der Waals surface area contributed by atoms with Gasteiger partial charge in [0, 0.05) is 5.60 Å². The topological polar surface area (TPSA) is 9.23 Å². The van der Waals surface area contributed by atoms with Crippen LogP contribution in [0.3, 0.4) is 0 Å². The highest BCUT2D eigenvalue weighted by atomic mass is 16.4. The zero-order valence-corrected chi connectivity index (χ0v) is 8.26. The fraction of sp³-hybridized carbons (Fsp3) is 1.00. The molecule has 0 aromatic rings. The van der Waals surface area contributed by atoms with E-state index in [4.69, 9.17) is 12.7 Å². The predicted molar refractivity (Wildman–Crippen MR) is 49.9 cm³/mol. The van der Waals surface area contributed by atoms with Gasteiger partial charge in [-0.15, -0.1) is 0 Å². The molecule has 0 N–H and O–H groups in total. The first-order valence-electron chi connectivity index (χ1n) is 4.86. The average molecular weight is 164 g/mol. The van der Waals surface area contributed by atoms with Gasteiger partial charge in [0.25, 0.3) is 8.05 Å². The summed E-state index contributed by atoms with van der Waals surface area (Å²) in [7, 11) is 5.31. The van der Waals surface area contributed by atoms with Crippen molar-refractivity contribution in [3.05, 3.63) is 0 Å². The quantitative estimate of drug-likeness (QED) is 0.540.